The molecule has 0 amide bonds. The van der Waals surface area contributed by atoms with E-state index in [2.05, 4.69) is 23.9 Å². The van der Waals surface area contributed by atoms with Gasteiger partial charge in [0.1, 0.15) is 12.2 Å². The molecule has 0 saturated heterocycles. The van der Waals surface area contributed by atoms with Gasteiger partial charge in [0.05, 0.1) is 12.6 Å². The Morgan fingerprint density at radius 2 is 2.12 bits per heavy atom. The van der Waals surface area contributed by atoms with E-state index in [1.54, 1.807) is 13.3 Å². The van der Waals surface area contributed by atoms with Gasteiger partial charge in [-0.3, -0.25) is 0 Å². The minimum absolute atomic E-state index is 0.290. The molecule has 1 unspecified atom stereocenters. The molecule has 0 aliphatic heterocycles. The van der Waals surface area contributed by atoms with E-state index in [0.717, 1.165) is 11.5 Å². The topological polar surface area (TPSA) is 55.9 Å². The number of nitrogens with zero attached hydrogens (tertiary/aromatic N) is 4. The Balaban J connectivity index is 2.25. The van der Waals surface area contributed by atoms with Gasteiger partial charge in [-0.05, 0) is 32.9 Å². The normalized spacial score (nSPS) is 13.2. The molecular formula is C12H18N4O. The van der Waals surface area contributed by atoms with Gasteiger partial charge in [0.2, 0.25) is 0 Å². The molecule has 2 aromatic heterocycles. The monoisotopic (exact) mass is 234 g/mol. The van der Waals surface area contributed by atoms with Gasteiger partial charge >= 0.3 is 0 Å². The van der Waals surface area contributed by atoms with Gasteiger partial charge in [-0.1, -0.05) is 0 Å². The van der Waals surface area contributed by atoms with Crippen LogP contribution < -0.4 is 0 Å². The van der Waals surface area contributed by atoms with Crippen LogP contribution in [0.15, 0.2) is 24.7 Å². The molecule has 0 aliphatic rings. The van der Waals surface area contributed by atoms with Crippen molar-refractivity contribution in [2.24, 2.45) is 0 Å². The SMILES string of the molecule is CC(O)c1cccn1Cc1ncnn1C(C)C. The summed E-state index contributed by atoms with van der Waals surface area (Å²) in [6.45, 7) is 6.54. The zero-order chi connectivity index (χ0) is 12.4. The molecule has 5 nitrogen and oxygen atoms in total. The number of aromatic nitrogens is 4. The van der Waals surface area contributed by atoms with E-state index < -0.39 is 6.10 Å². The lowest BCUT2D eigenvalue weighted by Gasteiger charge is -2.13. The van der Waals surface area contributed by atoms with Crippen LogP contribution in [0, 0.1) is 0 Å². The lowest BCUT2D eigenvalue weighted by atomic mass is 10.3. The summed E-state index contributed by atoms with van der Waals surface area (Å²) in [5, 5.41) is 13.8. The van der Waals surface area contributed by atoms with E-state index in [-0.39, 0.29) is 6.04 Å². The van der Waals surface area contributed by atoms with Crippen LogP contribution in [0.3, 0.4) is 0 Å². The second kappa shape index (κ2) is 4.71. The molecule has 2 rings (SSSR count). The largest absolute Gasteiger partial charge is 0.387 e. The molecule has 0 saturated carbocycles. The average molecular weight is 234 g/mol. The highest BCUT2D eigenvalue weighted by atomic mass is 16.3. The van der Waals surface area contributed by atoms with E-state index in [0.29, 0.717) is 6.54 Å². The Morgan fingerprint density at radius 1 is 1.35 bits per heavy atom. The van der Waals surface area contributed by atoms with E-state index in [9.17, 15) is 5.11 Å². The molecule has 0 fully saturated rings. The summed E-state index contributed by atoms with van der Waals surface area (Å²) < 4.78 is 3.89. The first kappa shape index (κ1) is 11.9. The quantitative estimate of drug-likeness (QED) is 0.877. The highest BCUT2D eigenvalue weighted by Crippen LogP contribution is 2.15. The van der Waals surface area contributed by atoms with Gasteiger partial charge in [0, 0.05) is 17.9 Å². The van der Waals surface area contributed by atoms with Gasteiger partial charge in [0.15, 0.2) is 0 Å². The summed E-state index contributed by atoms with van der Waals surface area (Å²) in [5.41, 5.74) is 0.892. The fraction of sp³-hybridized carbons (Fsp3) is 0.500. The van der Waals surface area contributed by atoms with E-state index in [1.807, 2.05) is 27.6 Å². The molecule has 92 valence electrons. The van der Waals surface area contributed by atoms with Crippen LogP contribution in [-0.2, 0) is 6.54 Å². The van der Waals surface area contributed by atoms with Crippen LogP contribution in [0.1, 0.15) is 44.4 Å². The molecule has 2 aromatic rings. The Morgan fingerprint density at radius 3 is 2.76 bits per heavy atom. The Hall–Kier alpha value is -1.62. The number of hydrogen-bond acceptors (Lipinski definition) is 3. The summed E-state index contributed by atoms with van der Waals surface area (Å²) in [4.78, 5) is 4.26. The van der Waals surface area contributed by atoms with Crippen LogP contribution in [0.4, 0.5) is 0 Å². The summed E-state index contributed by atoms with van der Waals surface area (Å²) >= 11 is 0. The molecular weight excluding hydrogens is 216 g/mol. The Bertz CT molecular complexity index is 440. The van der Waals surface area contributed by atoms with E-state index in [1.165, 1.54) is 0 Å². The van der Waals surface area contributed by atoms with Crippen molar-refractivity contribution in [1.82, 2.24) is 19.3 Å². The first-order valence-corrected chi connectivity index (χ1v) is 5.81. The zero-order valence-electron chi connectivity index (χ0n) is 10.4. The smallest absolute Gasteiger partial charge is 0.147 e. The number of aliphatic hydroxyl groups is 1. The van der Waals surface area contributed by atoms with Crippen molar-refractivity contribution < 1.29 is 5.11 Å². The first-order valence-electron chi connectivity index (χ1n) is 5.81. The van der Waals surface area contributed by atoms with Gasteiger partial charge in [-0.2, -0.15) is 5.10 Å². The lowest BCUT2D eigenvalue weighted by molar-refractivity contribution is 0.189. The summed E-state index contributed by atoms with van der Waals surface area (Å²) in [5.74, 6) is 0.901. The predicted octanol–water partition coefficient (Wildman–Crippen LogP) is 1.76. The van der Waals surface area contributed by atoms with Gasteiger partial charge < -0.3 is 9.67 Å². The number of aliphatic hydroxyl groups excluding tert-OH is 1. The van der Waals surface area contributed by atoms with Gasteiger partial charge in [0.25, 0.3) is 0 Å². The minimum Gasteiger partial charge on any atom is -0.387 e. The molecule has 1 N–H and O–H groups in total. The minimum atomic E-state index is -0.472. The van der Waals surface area contributed by atoms with Crippen molar-refractivity contribution in [3.63, 3.8) is 0 Å². The Labute approximate surface area is 101 Å². The maximum absolute atomic E-state index is 9.64. The highest BCUT2D eigenvalue weighted by molar-refractivity contribution is 5.11. The maximum Gasteiger partial charge on any atom is 0.147 e. The van der Waals surface area contributed by atoms with Crippen molar-refractivity contribution in [3.05, 3.63) is 36.2 Å². The summed E-state index contributed by atoms with van der Waals surface area (Å²) in [6.07, 6.45) is 3.04. The average Bonchev–Trinajstić information content (AvgIpc) is 2.86. The predicted molar refractivity (Wildman–Crippen MR) is 64.6 cm³/mol. The van der Waals surface area contributed by atoms with Crippen LogP contribution in [0.5, 0.6) is 0 Å². The number of rotatable bonds is 4. The van der Waals surface area contributed by atoms with Crippen molar-refractivity contribution >= 4 is 0 Å². The van der Waals surface area contributed by atoms with Crippen LogP contribution in [-0.4, -0.2) is 24.4 Å². The molecule has 2 heterocycles. The molecule has 0 aliphatic carbocycles. The third-order valence-electron chi connectivity index (χ3n) is 2.74. The summed E-state index contributed by atoms with van der Waals surface area (Å²) in [7, 11) is 0. The molecule has 17 heavy (non-hydrogen) atoms. The highest BCUT2D eigenvalue weighted by Gasteiger charge is 2.11. The number of hydrogen-bond donors (Lipinski definition) is 1. The summed E-state index contributed by atoms with van der Waals surface area (Å²) in [6, 6.07) is 4.14. The molecule has 1 atom stereocenters. The van der Waals surface area contributed by atoms with Gasteiger partial charge in [-0.25, -0.2) is 9.67 Å². The zero-order valence-corrected chi connectivity index (χ0v) is 10.4. The molecule has 0 spiro atoms. The molecule has 0 bridgehead atoms. The molecule has 0 radical (unpaired) electrons. The maximum atomic E-state index is 9.64. The third-order valence-corrected chi connectivity index (χ3v) is 2.74. The molecule has 0 aromatic carbocycles. The fourth-order valence-corrected chi connectivity index (χ4v) is 1.92. The molecule has 5 heteroatoms. The van der Waals surface area contributed by atoms with Crippen molar-refractivity contribution in [2.75, 3.05) is 0 Å². The van der Waals surface area contributed by atoms with Crippen LogP contribution in [0.25, 0.3) is 0 Å². The second-order valence-electron chi connectivity index (χ2n) is 4.45. The lowest BCUT2D eigenvalue weighted by Crippen LogP contribution is -2.13. The van der Waals surface area contributed by atoms with Crippen LogP contribution in [0.2, 0.25) is 0 Å². The van der Waals surface area contributed by atoms with Crippen LogP contribution >= 0.6 is 0 Å². The van der Waals surface area contributed by atoms with Gasteiger partial charge in [-0.15, -0.1) is 0 Å². The second-order valence-corrected chi connectivity index (χ2v) is 4.45. The standard InChI is InChI=1S/C12H18N4O/c1-9(2)16-12(13-8-14-16)7-15-6-4-5-11(15)10(3)17/h4-6,8-10,17H,7H2,1-3H3. The third kappa shape index (κ3) is 2.39. The fourth-order valence-electron chi connectivity index (χ4n) is 1.92. The van der Waals surface area contributed by atoms with E-state index in [4.69, 9.17) is 0 Å². The first-order chi connectivity index (χ1) is 8.09. The van der Waals surface area contributed by atoms with E-state index >= 15 is 0 Å². The van der Waals surface area contributed by atoms with Crippen molar-refractivity contribution in [2.45, 2.75) is 39.5 Å². The Kier molecular flexibility index (Phi) is 3.28. The van der Waals surface area contributed by atoms with Crippen molar-refractivity contribution in [1.29, 1.82) is 0 Å². The van der Waals surface area contributed by atoms with Crippen molar-refractivity contribution in [3.8, 4) is 0 Å².